The number of carbonyl (C=O) groups excluding carboxylic acids is 1. The Balaban J connectivity index is 1.68. The monoisotopic (exact) mass is 371 g/mol. The van der Waals surface area contributed by atoms with Crippen LogP contribution in [0.3, 0.4) is 0 Å². The minimum absolute atomic E-state index is 0.111. The smallest absolute Gasteiger partial charge is 0.264 e. The van der Waals surface area contributed by atoms with Crippen LogP contribution in [0.2, 0.25) is 4.34 Å². The molecule has 0 spiro atoms. The van der Waals surface area contributed by atoms with Crippen LogP contribution in [0.4, 0.5) is 0 Å². The average molecular weight is 372 g/mol. The van der Waals surface area contributed by atoms with Gasteiger partial charge in [0.1, 0.15) is 4.90 Å². The van der Waals surface area contributed by atoms with E-state index < -0.39 is 10.0 Å². The van der Waals surface area contributed by atoms with Crippen molar-refractivity contribution in [1.82, 2.24) is 14.2 Å². The van der Waals surface area contributed by atoms with E-state index in [9.17, 15) is 13.2 Å². The van der Waals surface area contributed by atoms with E-state index in [4.69, 9.17) is 11.6 Å². The first-order chi connectivity index (χ1) is 11.0. The molecule has 6 nitrogen and oxygen atoms in total. The Hall–Kier alpha value is -1.48. The molecule has 2 aromatic heterocycles. The number of rotatable bonds is 3. The summed E-state index contributed by atoms with van der Waals surface area (Å²) in [5.74, 6) is -0.111. The van der Waals surface area contributed by atoms with Gasteiger partial charge in [0.25, 0.3) is 5.91 Å². The molecule has 2 aromatic rings. The number of carbonyl (C=O) groups is 1. The Morgan fingerprint density at radius 1 is 1.17 bits per heavy atom. The van der Waals surface area contributed by atoms with Gasteiger partial charge >= 0.3 is 0 Å². The van der Waals surface area contributed by atoms with Crippen LogP contribution in [0.1, 0.15) is 9.67 Å². The summed E-state index contributed by atoms with van der Waals surface area (Å²) in [5, 5.41) is 0. The molecule has 0 aromatic carbocycles. The lowest BCUT2D eigenvalue weighted by Gasteiger charge is -2.33. The standard InChI is InChI=1S/C14H14ClN3O3S2/c15-13-4-3-12(22-13)14(19)17-6-8-18(9-7-17)23(20,21)11-2-1-5-16-10-11/h1-5,10H,6-9H2. The van der Waals surface area contributed by atoms with Crippen LogP contribution in [0.15, 0.2) is 41.6 Å². The van der Waals surface area contributed by atoms with Crippen LogP contribution in [0.5, 0.6) is 0 Å². The van der Waals surface area contributed by atoms with E-state index in [1.54, 1.807) is 23.1 Å². The molecule has 0 saturated carbocycles. The van der Waals surface area contributed by atoms with E-state index >= 15 is 0 Å². The van der Waals surface area contributed by atoms with Gasteiger partial charge in [-0.1, -0.05) is 11.6 Å². The van der Waals surface area contributed by atoms with Crippen molar-refractivity contribution in [2.45, 2.75) is 4.90 Å². The first kappa shape index (κ1) is 16.4. The van der Waals surface area contributed by atoms with Gasteiger partial charge in [-0.2, -0.15) is 4.31 Å². The van der Waals surface area contributed by atoms with Crippen LogP contribution >= 0.6 is 22.9 Å². The van der Waals surface area contributed by atoms with Crippen molar-refractivity contribution in [3.63, 3.8) is 0 Å². The number of piperazine rings is 1. The Labute approximate surface area is 143 Å². The van der Waals surface area contributed by atoms with Crippen LogP contribution in [-0.2, 0) is 10.0 Å². The summed E-state index contributed by atoms with van der Waals surface area (Å²) in [4.78, 5) is 18.6. The summed E-state index contributed by atoms with van der Waals surface area (Å²) in [5.41, 5.74) is 0. The Morgan fingerprint density at radius 3 is 2.48 bits per heavy atom. The van der Waals surface area contributed by atoms with Gasteiger partial charge in [-0.25, -0.2) is 8.42 Å². The number of hydrogen-bond acceptors (Lipinski definition) is 5. The summed E-state index contributed by atoms with van der Waals surface area (Å²) in [6.45, 7) is 1.24. The number of thiophene rings is 1. The molecular weight excluding hydrogens is 358 g/mol. The molecule has 0 radical (unpaired) electrons. The molecule has 0 N–H and O–H groups in total. The van der Waals surface area contributed by atoms with Crippen LogP contribution in [-0.4, -0.2) is 54.7 Å². The third-order valence-corrected chi connectivity index (χ3v) is 6.68. The zero-order valence-corrected chi connectivity index (χ0v) is 14.4. The fourth-order valence-electron chi connectivity index (χ4n) is 2.37. The molecule has 1 amide bonds. The minimum Gasteiger partial charge on any atom is -0.335 e. The SMILES string of the molecule is O=C(c1ccc(Cl)s1)N1CCN(S(=O)(=O)c2cccnc2)CC1. The molecule has 3 heterocycles. The van der Waals surface area contributed by atoms with Gasteiger partial charge < -0.3 is 4.90 Å². The number of hydrogen-bond donors (Lipinski definition) is 0. The molecular formula is C14H14ClN3O3S2. The maximum atomic E-state index is 12.5. The normalized spacial score (nSPS) is 16.5. The van der Waals surface area contributed by atoms with Crippen molar-refractivity contribution in [2.24, 2.45) is 0 Å². The molecule has 23 heavy (non-hydrogen) atoms. The number of pyridine rings is 1. The lowest BCUT2D eigenvalue weighted by Crippen LogP contribution is -2.50. The number of halogens is 1. The lowest BCUT2D eigenvalue weighted by molar-refractivity contribution is 0.0703. The van der Waals surface area contributed by atoms with Crippen molar-refractivity contribution in [3.8, 4) is 0 Å². The lowest BCUT2D eigenvalue weighted by atomic mass is 10.3. The van der Waals surface area contributed by atoms with Crippen molar-refractivity contribution >= 4 is 38.9 Å². The Kier molecular flexibility index (Phi) is 4.67. The number of amides is 1. The molecule has 3 rings (SSSR count). The van der Waals surface area contributed by atoms with Gasteiger partial charge in [-0.15, -0.1) is 11.3 Å². The molecule has 1 aliphatic rings. The van der Waals surface area contributed by atoms with Crippen molar-refractivity contribution in [2.75, 3.05) is 26.2 Å². The van der Waals surface area contributed by atoms with E-state index in [1.807, 2.05) is 0 Å². The molecule has 1 saturated heterocycles. The molecule has 0 atom stereocenters. The molecule has 9 heteroatoms. The molecule has 1 aliphatic heterocycles. The highest BCUT2D eigenvalue weighted by Crippen LogP contribution is 2.24. The van der Waals surface area contributed by atoms with E-state index in [1.165, 1.54) is 34.1 Å². The van der Waals surface area contributed by atoms with Gasteiger partial charge in [-0.05, 0) is 24.3 Å². The second-order valence-corrected chi connectivity index (χ2v) is 8.64. The number of aromatic nitrogens is 1. The predicted molar refractivity (Wildman–Crippen MR) is 88.2 cm³/mol. The molecule has 1 fully saturated rings. The molecule has 0 aliphatic carbocycles. The van der Waals surface area contributed by atoms with Gasteiger partial charge in [-0.3, -0.25) is 9.78 Å². The summed E-state index contributed by atoms with van der Waals surface area (Å²) >= 11 is 7.08. The fraction of sp³-hybridized carbons (Fsp3) is 0.286. The van der Waals surface area contributed by atoms with Gasteiger partial charge in [0, 0.05) is 38.6 Å². The average Bonchev–Trinajstić information content (AvgIpc) is 3.01. The van der Waals surface area contributed by atoms with E-state index in [0.29, 0.717) is 22.3 Å². The topological polar surface area (TPSA) is 70.6 Å². The highest BCUT2D eigenvalue weighted by atomic mass is 35.5. The zero-order valence-electron chi connectivity index (χ0n) is 12.1. The summed E-state index contributed by atoms with van der Waals surface area (Å²) in [6, 6.07) is 6.48. The molecule has 0 unspecified atom stereocenters. The van der Waals surface area contributed by atoms with E-state index in [2.05, 4.69) is 4.98 Å². The third kappa shape index (κ3) is 3.40. The van der Waals surface area contributed by atoms with Crippen molar-refractivity contribution in [3.05, 3.63) is 45.9 Å². The highest BCUT2D eigenvalue weighted by Gasteiger charge is 2.30. The minimum atomic E-state index is -3.56. The quantitative estimate of drug-likeness (QED) is 0.826. The second-order valence-electron chi connectivity index (χ2n) is 4.99. The summed E-state index contributed by atoms with van der Waals surface area (Å²) in [7, 11) is -3.56. The molecule has 122 valence electrons. The second kappa shape index (κ2) is 6.56. The third-order valence-electron chi connectivity index (χ3n) is 3.58. The number of sulfonamides is 1. The summed E-state index contributed by atoms with van der Waals surface area (Å²) < 4.78 is 27.0. The van der Waals surface area contributed by atoms with Crippen LogP contribution in [0.25, 0.3) is 0 Å². The van der Waals surface area contributed by atoms with E-state index in [0.717, 1.165) is 0 Å². The molecule has 0 bridgehead atoms. The maximum absolute atomic E-state index is 12.5. The van der Waals surface area contributed by atoms with Crippen molar-refractivity contribution in [1.29, 1.82) is 0 Å². The Bertz CT molecular complexity index is 800. The van der Waals surface area contributed by atoms with Gasteiger partial charge in [0.05, 0.1) is 9.21 Å². The number of nitrogens with zero attached hydrogens (tertiary/aromatic N) is 3. The first-order valence-electron chi connectivity index (χ1n) is 6.93. The largest absolute Gasteiger partial charge is 0.335 e. The Morgan fingerprint density at radius 2 is 1.91 bits per heavy atom. The van der Waals surface area contributed by atoms with Crippen LogP contribution in [0, 0.1) is 0 Å². The van der Waals surface area contributed by atoms with Crippen molar-refractivity contribution < 1.29 is 13.2 Å². The van der Waals surface area contributed by atoms with Gasteiger partial charge in [0.15, 0.2) is 0 Å². The van der Waals surface area contributed by atoms with Gasteiger partial charge in [0.2, 0.25) is 10.0 Å². The fourth-order valence-corrected chi connectivity index (χ4v) is 4.76. The maximum Gasteiger partial charge on any atom is 0.264 e. The zero-order chi connectivity index (χ0) is 16.4. The van der Waals surface area contributed by atoms with Crippen LogP contribution < -0.4 is 0 Å². The van der Waals surface area contributed by atoms with E-state index in [-0.39, 0.29) is 23.9 Å². The summed E-state index contributed by atoms with van der Waals surface area (Å²) in [6.07, 6.45) is 2.86. The highest BCUT2D eigenvalue weighted by molar-refractivity contribution is 7.89. The predicted octanol–water partition coefficient (Wildman–Crippen LogP) is 1.94. The first-order valence-corrected chi connectivity index (χ1v) is 9.57.